The molecule has 2 amide bonds. The van der Waals surface area contributed by atoms with Crippen molar-refractivity contribution < 1.29 is 9.59 Å². The maximum Gasteiger partial charge on any atom is 0.251 e. The monoisotopic (exact) mass is 647 g/mol. The fourth-order valence-corrected chi connectivity index (χ4v) is 8.23. The van der Waals surface area contributed by atoms with Crippen LogP contribution in [-0.2, 0) is 11.3 Å². The van der Waals surface area contributed by atoms with Gasteiger partial charge >= 0.3 is 0 Å². The number of pyridine rings is 1. The molecule has 1 aliphatic carbocycles. The lowest BCUT2D eigenvalue weighted by atomic mass is 9.81. The number of hydrogen-bond acceptors (Lipinski definition) is 5. The van der Waals surface area contributed by atoms with Gasteiger partial charge in [-0.25, -0.2) is 0 Å². The molecule has 2 atom stereocenters. The Morgan fingerprint density at radius 1 is 0.979 bits per heavy atom. The van der Waals surface area contributed by atoms with E-state index in [2.05, 4.69) is 78.6 Å². The third kappa shape index (κ3) is 7.08. The topological polar surface area (TPSA) is 88.4 Å². The lowest BCUT2D eigenvalue weighted by Crippen LogP contribution is -2.28. The van der Waals surface area contributed by atoms with Gasteiger partial charge in [0, 0.05) is 29.4 Å². The molecule has 1 saturated carbocycles. The van der Waals surface area contributed by atoms with E-state index in [-0.39, 0.29) is 29.7 Å². The van der Waals surface area contributed by atoms with Crippen molar-refractivity contribution in [3.63, 3.8) is 0 Å². The van der Waals surface area contributed by atoms with Crippen molar-refractivity contribution >= 4 is 50.4 Å². The second-order valence-electron chi connectivity index (χ2n) is 12.7. The quantitative estimate of drug-likeness (QED) is 0.119. The van der Waals surface area contributed by atoms with E-state index in [0.29, 0.717) is 37.4 Å². The van der Waals surface area contributed by atoms with Crippen LogP contribution in [0.4, 0.5) is 0 Å². The predicted octanol–water partition coefficient (Wildman–Crippen LogP) is 8.50. The van der Waals surface area contributed by atoms with E-state index in [1.807, 2.05) is 18.2 Å². The number of carbonyl (C=O) groups excluding carboxylic acids is 2. The number of rotatable bonds is 12. The van der Waals surface area contributed by atoms with Gasteiger partial charge in [0.05, 0.1) is 38.8 Å². The van der Waals surface area contributed by atoms with Gasteiger partial charge in [-0.05, 0) is 86.9 Å². The molecular formula is C39H45N5O2S. The molecule has 0 spiro atoms. The Labute approximate surface area is 282 Å². The van der Waals surface area contributed by atoms with E-state index < -0.39 is 0 Å². The second kappa shape index (κ2) is 14.7. The van der Waals surface area contributed by atoms with Gasteiger partial charge in [0.1, 0.15) is 6.54 Å². The van der Waals surface area contributed by atoms with Crippen molar-refractivity contribution in [2.45, 2.75) is 82.5 Å². The van der Waals surface area contributed by atoms with Crippen LogP contribution in [0.15, 0.2) is 78.8 Å². The third-order valence-corrected chi connectivity index (χ3v) is 10.7. The number of thioether (sulfide) groups is 1. The Balaban J connectivity index is 1.48. The first-order valence-corrected chi connectivity index (χ1v) is 17.8. The normalized spacial score (nSPS) is 18.3. The van der Waals surface area contributed by atoms with Crippen molar-refractivity contribution in [3.05, 3.63) is 90.7 Å². The van der Waals surface area contributed by atoms with Gasteiger partial charge < -0.3 is 15.2 Å². The summed E-state index contributed by atoms with van der Waals surface area (Å²) in [5.74, 6) is 0.188. The first-order chi connectivity index (χ1) is 22.9. The maximum atomic E-state index is 13.4. The van der Waals surface area contributed by atoms with Crippen molar-refractivity contribution in [2.75, 3.05) is 13.1 Å². The summed E-state index contributed by atoms with van der Waals surface area (Å²) in [5, 5.41) is 9.57. The van der Waals surface area contributed by atoms with Crippen LogP contribution in [0.3, 0.4) is 0 Å². The highest BCUT2D eigenvalue weighted by atomic mass is 32.2. The first kappa shape index (κ1) is 32.8. The number of aliphatic imine (C=N–C) groups is 1. The lowest BCUT2D eigenvalue weighted by Gasteiger charge is -2.24. The molecule has 8 heteroatoms. The van der Waals surface area contributed by atoms with Crippen LogP contribution in [0.2, 0.25) is 0 Å². The van der Waals surface area contributed by atoms with Gasteiger partial charge in [-0.3, -0.25) is 19.6 Å². The molecule has 7 nitrogen and oxygen atoms in total. The highest BCUT2D eigenvalue weighted by Crippen LogP contribution is 2.45. The molecule has 3 heterocycles. The molecule has 0 saturated heterocycles. The van der Waals surface area contributed by atoms with Crippen LogP contribution >= 0.6 is 11.8 Å². The zero-order valence-corrected chi connectivity index (χ0v) is 28.4. The average molecular weight is 648 g/mol. The van der Waals surface area contributed by atoms with Crippen molar-refractivity contribution in [1.29, 1.82) is 0 Å². The fourth-order valence-electron chi connectivity index (χ4n) is 7.12. The van der Waals surface area contributed by atoms with Crippen LogP contribution in [0.5, 0.6) is 0 Å². The van der Waals surface area contributed by atoms with Gasteiger partial charge in [0.25, 0.3) is 5.91 Å². The van der Waals surface area contributed by atoms with Crippen LogP contribution in [0.1, 0.15) is 91.6 Å². The first-order valence-electron chi connectivity index (χ1n) is 16.9. The molecule has 47 heavy (non-hydrogen) atoms. The number of amides is 2. The van der Waals surface area contributed by atoms with E-state index in [1.165, 1.54) is 24.8 Å². The summed E-state index contributed by atoms with van der Waals surface area (Å²) < 4.78 is 2.14. The minimum Gasteiger partial charge on any atom is -0.354 e. The summed E-state index contributed by atoms with van der Waals surface area (Å²) in [6.45, 7) is 13.0. The number of benzene rings is 2. The van der Waals surface area contributed by atoms with E-state index in [0.717, 1.165) is 56.6 Å². The largest absolute Gasteiger partial charge is 0.354 e. The Morgan fingerprint density at radius 3 is 2.47 bits per heavy atom. The third-order valence-electron chi connectivity index (χ3n) is 9.38. The van der Waals surface area contributed by atoms with Crippen LogP contribution < -0.4 is 10.6 Å². The number of carbonyl (C=O) groups is 2. The molecule has 4 aromatic rings. The number of nitrogens with one attached hydrogen (secondary N) is 2. The summed E-state index contributed by atoms with van der Waals surface area (Å²) >= 11 is 1.79. The van der Waals surface area contributed by atoms with Gasteiger partial charge in [-0.1, -0.05) is 61.4 Å². The van der Waals surface area contributed by atoms with Crippen LogP contribution in [-0.4, -0.2) is 45.5 Å². The zero-order chi connectivity index (χ0) is 32.9. The molecular weight excluding hydrogens is 603 g/mol. The van der Waals surface area contributed by atoms with Crippen molar-refractivity contribution in [3.8, 4) is 11.3 Å². The van der Waals surface area contributed by atoms with Gasteiger partial charge in [0.15, 0.2) is 0 Å². The van der Waals surface area contributed by atoms with E-state index in [4.69, 9.17) is 9.98 Å². The minimum absolute atomic E-state index is 0.0613. The Kier molecular flexibility index (Phi) is 10.3. The predicted molar refractivity (Wildman–Crippen MR) is 196 cm³/mol. The van der Waals surface area contributed by atoms with Gasteiger partial charge in [-0.15, -0.1) is 13.2 Å². The number of hydrogen-bond donors (Lipinski definition) is 2. The Bertz CT molecular complexity index is 1850. The van der Waals surface area contributed by atoms with Crippen LogP contribution in [0, 0.1) is 0 Å². The molecule has 2 N–H and O–H groups in total. The average Bonchev–Trinajstić information content (AvgIpc) is 3.59. The molecule has 6 rings (SSSR count). The SMILES string of the molecule is C=CCCNC(=O)Cn1c(-c2ccc3nc(C4SC(C)=NC4C)ccc3c2)c(C2CCCCC2)c2ccc(C(=O)NCCC=C)cc21. The van der Waals surface area contributed by atoms with Crippen LogP contribution in [0.25, 0.3) is 33.1 Å². The van der Waals surface area contributed by atoms with Crippen molar-refractivity contribution in [2.24, 2.45) is 4.99 Å². The van der Waals surface area contributed by atoms with E-state index in [1.54, 1.807) is 17.8 Å². The smallest absolute Gasteiger partial charge is 0.251 e. The second-order valence-corrected chi connectivity index (χ2v) is 14.1. The Morgan fingerprint density at radius 2 is 1.74 bits per heavy atom. The molecule has 244 valence electrons. The zero-order valence-electron chi connectivity index (χ0n) is 27.6. The lowest BCUT2D eigenvalue weighted by molar-refractivity contribution is -0.121. The summed E-state index contributed by atoms with van der Waals surface area (Å²) in [4.78, 5) is 36.4. The van der Waals surface area contributed by atoms with Gasteiger partial charge in [-0.2, -0.15) is 0 Å². The number of fused-ring (bicyclic) bond motifs is 2. The molecule has 2 aromatic carbocycles. The molecule has 1 fully saturated rings. The molecule has 2 aliphatic rings. The minimum atomic E-state index is -0.124. The summed E-state index contributed by atoms with van der Waals surface area (Å²) in [6.07, 6.45) is 10.9. The fraction of sp³-hybridized carbons (Fsp3) is 0.385. The number of aromatic nitrogens is 2. The molecule has 2 aromatic heterocycles. The standard InChI is InChI=1S/C39H45N5O2S/c1-5-7-20-40-35(45)24-44-34-23-30(39(46)41-21-8-6-2)14-17-31(34)36(27-12-10-9-11-13-27)37(44)29-16-18-32-28(22-29)15-19-33(43-32)38-25(3)42-26(4)47-38/h5-6,14-19,22-23,25,27,38H,1-2,7-13,20-21,24H2,3-4H3,(H,40,45)(H,41,46). The highest BCUT2D eigenvalue weighted by Gasteiger charge is 2.29. The summed E-state index contributed by atoms with van der Waals surface area (Å²) in [7, 11) is 0. The molecule has 0 bridgehead atoms. The van der Waals surface area contributed by atoms with Crippen molar-refractivity contribution in [1.82, 2.24) is 20.2 Å². The molecule has 1 aliphatic heterocycles. The maximum absolute atomic E-state index is 13.4. The summed E-state index contributed by atoms with van der Waals surface area (Å²) in [6, 6.07) is 17.0. The van der Waals surface area contributed by atoms with E-state index >= 15 is 0 Å². The summed E-state index contributed by atoms with van der Waals surface area (Å²) in [5.41, 5.74) is 6.90. The van der Waals surface area contributed by atoms with E-state index in [9.17, 15) is 9.59 Å². The Hall–Kier alpha value is -4.17. The number of nitrogens with zero attached hydrogens (tertiary/aromatic N) is 3. The molecule has 0 radical (unpaired) electrons. The van der Waals surface area contributed by atoms with Gasteiger partial charge in [0.2, 0.25) is 5.91 Å². The highest BCUT2D eigenvalue weighted by molar-refractivity contribution is 8.14. The molecule has 2 unspecified atom stereocenters.